The van der Waals surface area contributed by atoms with E-state index in [0.717, 1.165) is 12.1 Å². The van der Waals surface area contributed by atoms with Gasteiger partial charge in [0, 0.05) is 11.1 Å². The van der Waals surface area contributed by atoms with Crippen LogP contribution in [0.3, 0.4) is 0 Å². The Balaban J connectivity index is 1.96. The maximum absolute atomic E-state index is 12.9. The van der Waals surface area contributed by atoms with Gasteiger partial charge >= 0.3 is 5.97 Å². The number of amides is 1. The van der Waals surface area contributed by atoms with Gasteiger partial charge in [-0.3, -0.25) is 9.59 Å². The molecule has 142 valence electrons. The molecule has 1 atom stereocenters. The molecule has 1 N–H and O–H groups in total. The fourth-order valence-electron chi connectivity index (χ4n) is 2.27. The number of nitrogens with one attached hydrogen (secondary N) is 1. The number of halogens is 1. The van der Waals surface area contributed by atoms with E-state index in [1.807, 2.05) is 6.26 Å². The highest BCUT2D eigenvalue weighted by Gasteiger charge is 2.23. The number of ketones is 1. The first-order chi connectivity index (χ1) is 13.0. The van der Waals surface area contributed by atoms with E-state index in [1.165, 1.54) is 23.9 Å². The minimum absolute atomic E-state index is 0.248. The summed E-state index contributed by atoms with van der Waals surface area (Å²) in [7, 11) is 0. The summed E-state index contributed by atoms with van der Waals surface area (Å²) in [5.74, 6) is -1.32. The molecule has 27 heavy (non-hydrogen) atoms. The Morgan fingerprint density at radius 1 is 1.04 bits per heavy atom. The van der Waals surface area contributed by atoms with E-state index in [4.69, 9.17) is 4.74 Å². The van der Waals surface area contributed by atoms with E-state index in [9.17, 15) is 18.8 Å². The average molecular weight is 389 g/mol. The molecule has 0 bridgehead atoms. The van der Waals surface area contributed by atoms with Crippen molar-refractivity contribution < 1.29 is 23.5 Å². The molecule has 0 aliphatic carbocycles. The van der Waals surface area contributed by atoms with E-state index >= 15 is 0 Å². The van der Waals surface area contributed by atoms with Gasteiger partial charge in [0.2, 0.25) is 0 Å². The lowest BCUT2D eigenvalue weighted by atomic mass is 10.1. The lowest BCUT2D eigenvalue weighted by molar-refractivity contribution is -0.144. The first kappa shape index (κ1) is 20.6. The molecule has 0 spiro atoms. The third-order valence-electron chi connectivity index (χ3n) is 3.75. The number of esters is 1. The van der Waals surface area contributed by atoms with Gasteiger partial charge < -0.3 is 10.1 Å². The molecule has 2 rings (SSSR count). The molecule has 0 radical (unpaired) electrons. The summed E-state index contributed by atoms with van der Waals surface area (Å²) < 4.78 is 18.0. The summed E-state index contributed by atoms with van der Waals surface area (Å²) in [6.07, 6.45) is 2.27. The first-order valence-corrected chi connectivity index (χ1v) is 9.71. The van der Waals surface area contributed by atoms with E-state index in [1.54, 1.807) is 30.3 Å². The lowest BCUT2D eigenvalue weighted by Gasteiger charge is -2.17. The quantitative estimate of drug-likeness (QED) is 0.527. The minimum atomic E-state index is -0.855. The van der Waals surface area contributed by atoms with Crippen LogP contribution in [0.1, 0.15) is 27.1 Å². The van der Waals surface area contributed by atoms with Crippen LogP contribution in [-0.4, -0.2) is 42.3 Å². The Kier molecular flexibility index (Phi) is 8.00. The number of hydrogen-bond donors (Lipinski definition) is 1. The molecule has 0 saturated carbocycles. The molecule has 2 aromatic rings. The second-order valence-electron chi connectivity index (χ2n) is 5.71. The van der Waals surface area contributed by atoms with Crippen LogP contribution in [0.15, 0.2) is 54.6 Å². The number of carbonyl (C=O) groups excluding carboxylic acids is 3. The van der Waals surface area contributed by atoms with Gasteiger partial charge in [-0.05, 0) is 54.8 Å². The Morgan fingerprint density at radius 2 is 1.70 bits per heavy atom. The van der Waals surface area contributed by atoms with Gasteiger partial charge in [0.05, 0.1) is 0 Å². The van der Waals surface area contributed by atoms with Crippen molar-refractivity contribution in [3.8, 4) is 0 Å². The Labute approximate surface area is 161 Å². The van der Waals surface area contributed by atoms with Crippen molar-refractivity contribution in [1.82, 2.24) is 5.32 Å². The van der Waals surface area contributed by atoms with Crippen LogP contribution < -0.4 is 5.32 Å². The van der Waals surface area contributed by atoms with Crippen molar-refractivity contribution in [3.05, 3.63) is 71.5 Å². The van der Waals surface area contributed by atoms with Crippen molar-refractivity contribution in [2.45, 2.75) is 12.5 Å². The molecular formula is C20H20FNO4S. The van der Waals surface area contributed by atoms with E-state index in [2.05, 4.69) is 5.32 Å². The zero-order valence-electron chi connectivity index (χ0n) is 14.8. The summed E-state index contributed by atoms with van der Waals surface area (Å²) in [6.45, 7) is -0.471. The standard InChI is InChI=1S/C20H20FNO4S/c1-27-12-11-17(22-19(24)15-5-3-2-4-6-15)20(25)26-13-18(23)14-7-9-16(21)10-8-14/h2-10,17H,11-13H2,1H3,(H,22,24). The minimum Gasteiger partial charge on any atom is -0.456 e. The molecule has 1 amide bonds. The molecule has 5 nitrogen and oxygen atoms in total. The molecule has 0 aromatic heterocycles. The second-order valence-corrected chi connectivity index (χ2v) is 6.70. The molecule has 0 fully saturated rings. The molecule has 0 aliphatic heterocycles. The number of hydrogen-bond acceptors (Lipinski definition) is 5. The molecular weight excluding hydrogens is 369 g/mol. The van der Waals surface area contributed by atoms with Crippen LogP contribution >= 0.6 is 11.8 Å². The molecule has 1 unspecified atom stereocenters. The highest BCUT2D eigenvalue weighted by molar-refractivity contribution is 7.98. The zero-order valence-corrected chi connectivity index (χ0v) is 15.6. The summed E-state index contributed by atoms with van der Waals surface area (Å²) >= 11 is 1.53. The Bertz CT molecular complexity index is 780. The number of carbonyl (C=O) groups is 3. The maximum atomic E-state index is 12.9. The van der Waals surface area contributed by atoms with Gasteiger partial charge in [-0.15, -0.1) is 0 Å². The summed E-state index contributed by atoms with van der Waals surface area (Å²) in [5, 5.41) is 2.65. The van der Waals surface area contributed by atoms with Crippen molar-refractivity contribution in [2.24, 2.45) is 0 Å². The molecule has 0 aliphatic rings. The third kappa shape index (κ3) is 6.53. The van der Waals surface area contributed by atoms with Crippen LogP contribution in [0.25, 0.3) is 0 Å². The van der Waals surface area contributed by atoms with Crippen LogP contribution in [0.4, 0.5) is 4.39 Å². The summed E-state index contributed by atoms with van der Waals surface area (Å²) in [5.41, 5.74) is 0.681. The normalized spacial score (nSPS) is 11.5. The molecule has 0 heterocycles. The van der Waals surface area contributed by atoms with Gasteiger partial charge in [-0.2, -0.15) is 11.8 Å². The smallest absolute Gasteiger partial charge is 0.329 e. The van der Waals surface area contributed by atoms with E-state index in [-0.39, 0.29) is 11.5 Å². The molecule has 2 aromatic carbocycles. The zero-order chi connectivity index (χ0) is 19.6. The fourth-order valence-corrected chi connectivity index (χ4v) is 2.74. The predicted octanol–water partition coefficient (Wildman–Crippen LogP) is 3.10. The van der Waals surface area contributed by atoms with Crippen LogP contribution in [0, 0.1) is 5.82 Å². The number of ether oxygens (including phenoxy) is 1. The number of rotatable bonds is 9. The Morgan fingerprint density at radius 3 is 2.33 bits per heavy atom. The highest BCUT2D eigenvalue weighted by Crippen LogP contribution is 2.08. The third-order valence-corrected chi connectivity index (χ3v) is 4.39. The number of Topliss-reactive ketones (excluding diaryl/α,β-unsaturated/α-hetero) is 1. The van der Waals surface area contributed by atoms with E-state index in [0.29, 0.717) is 17.7 Å². The molecule has 7 heteroatoms. The van der Waals surface area contributed by atoms with Gasteiger partial charge in [0.25, 0.3) is 5.91 Å². The SMILES string of the molecule is CSCCC(NC(=O)c1ccccc1)C(=O)OCC(=O)c1ccc(F)cc1. The van der Waals surface area contributed by atoms with Crippen molar-refractivity contribution in [1.29, 1.82) is 0 Å². The molecule has 0 saturated heterocycles. The van der Waals surface area contributed by atoms with E-state index < -0.39 is 30.2 Å². The van der Waals surface area contributed by atoms with Crippen LogP contribution in [0.5, 0.6) is 0 Å². The van der Waals surface area contributed by atoms with Crippen molar-refractivity contribution >= 4 is 29.4 Å². The summed E-state index contributed by atoms with van der Waals surface area (Å²) in [6, 6.07) is 12.7. The largest absolute Gasteiger partial charge is 0.456 e. The first-order valence-electron chi connectivity index (χ1n) is 8.31. The highest BCUT2D eigenvalue weighted by atomic mass is 32.2. The number of thioether (sulfide) groups is 1. The lowest BCUT2D eigenvalue weighted by Crippen LogP contribution is -2.42. The van der Waals surface area contributed by atoms with Gasteiger partial charge in [0.15, 0.2) is 12.4 Å². The summed E-state index contributed by atoms with van der Waals surface area (Å²) in [4.78, 5) is 36.7. The second kappa shape index (κ2) is 10.5. The Hall–Kier alpha value is -2.67. The average Bonchev–Trinajstić information content (AvgIpc) is 2.70. The van der Waals surface area contributed by atoms with Crippen molar-refractivity contribution in [2.75, 3.05) is 18.6 Å². The van der Waals surface area contributed by atoms with Crippen LogP contribution in [-0.2, 0) is 9.53 Å². The van der Waals surface area contributed by atoms with Crippen LogP contribution in [0.2, 0.25) is 0 Å². The topological polar surface area (TPSA) is 72.5 Å². The predicted molar refractivity (Wildman–Crippen MR) is 102 cm³/mol. The number of benzene rings is 2. The van der Waals surface area contributed by atoms with Gasteiger partial charge in [-0.25, -0.2) is 9.18 Å². The fraction of sp³-hybridized carbons (Fsp3) is 0.250. The monoisotopic (exact) mass is 389 g/mol. The maximum Gasteiger partial charge on any atom is 0.329 e. The van der Waals surface area contributed by atoms with Gasteiger partial charge in [-0.1, -0.05) is 18.2 Å². The van der Waals surface area contributed by atoms with Gasteiger partial charge in [0.1, 0.15) is 11.9 Å². The van der Waals surface area contributed by atoms with Crippen molar-refractivity contribution in [3.63, 3.8) is 0 Å².